The molecule has 0 atom stereocenters. The van der Waals surface area contributed by atoms with Crippen LogP contribution in [0.1, 0.15) is 89.5 Å². The number of rotatable bonds is 7. The molecule has 0 amide bonds. The highest BCUT2D eigenvalue weighted by Gasteiger charge is 2.30. The van der Waals surface area contributed by atoms with Gasteiger partial charge in [-0.25, -0.2) is 0 Å². The number of phenols is 1. The predicted molar refractivity (Wildman–Crippen MR) is 112 cm³/mol. The van der Waals surface area contributed by atoms with Crippen molar-refractivity contribution in [1.82, 2.24) is 0 Å². The van der Waals surface area contributed by atoms with Gasteiger partial charge in [0.05, 0.1) is 0 Å². The Kier molecular flexibility index (Phi) is 7.65. The van der Waals surface area contributed by atoms with Gasteiger partial charge in [0.25, 0.3) is 0 Å². The lowest BCUT2D eigenvalue weighted by Gasteiger charge is -2.37. The van der Waals surface area contributed by atoms with Crippen molar-refractivity contribution >= 4 is 6.08 Å². The van der Waals surface area contributed by atoms with Gasteiger partial charge in [0.15, 0.2) is 0 Å². The predicted octanol–water partition coefficient (Wildman–Crippen LogP) is 7.60. The SMILES string of the molecule is CCCCCC1CCC([C@H]2CC[C@H](C=Cc3ccc(O)cc3)CC2)CC1. The number of unbranched alkanes of at least 4 members (excludes halogenated alkanes) is 2. The second-order valence-corrected chi connectivity index (χ2v) is 8.90. The molecule has 1 nitrogen and oxygen atoms in total. The van der Waals surface area contributed by atoms with Crippen molar-refractivity contribution in [3.63, 3.8) is 0 Å². The van der Waals surface area contributed by atoms with Crippen molar-refractivity contribution in [2.45, 2.75) is 84.0 Å². The van der Waals surface area contributed by atoms with Crippen LogP contribution in [0, 0.1) is 23.7 Å². The van der Waals surface area contributed by atoms with E-state index in [4.69, 9.17) is 0 Å². The van der Waals surface area contributed by atoms with Crippen LogP contribution in [-0.2, 0) is 0 Å². The van der Waals surface area contributed by atoms with E-state index in [0.29, 0.717) is 5.75 Å². The molecule has 0 aromatic heterocycles. The number of hydrogen-bond donors (Lipinski definition) is 1. The quantitative estimate of drug-likeness (QED) is 0.500. The number of aromatic hydroxyl groups is 1. The normalized spacial score (nSPS) is 29.9. The molecular formula is C25H38O. The number of hydrogen-bond acceptors (Lipinski definition) is 1. The van der Waals surface area contributed by atoms with E-state index in [9.17, 15) is 5.11 Å². The van der Waals surface area contributed by atoms with E-state index >= 15 is 0 Å². The van der Waals surface area contributed by atoms with Gasteiger partial charge in [-0.2, -0.15) is 0 Å². The van der Waals surface area contributed by atoms with Crippen molar-refractivity contribution < 1.29 is 5.11 Å². The third-order valence-corrected chi connectivity index (χ3v) is 7.04. The Morgan fingerprint density at radius 2 is 1.46 bits per heavy atom. The lowest BCUT2D eigenvalue weighted by molar-refractivity contribution is 0.151. The molecule has 0 heterocycles. The molecule has 144 valence electrons. The zero-order valence-electron chi connectivity index (χ0n) is 16.7. The summed E-state index contributed by atoms with van der Waals surface area (Å²) in [6.45, 7) is 2.31. The van der Waals surface area contributed by atoms with Crippen LogP contribution in [0.5, 0.6) is 5.75 Å². The van der Waals surface area contributed by atoms with Crippen LogP contribution < -0.4 is 0 Å². The molecule has 1 heteroatoms. The van der Waals surface area contributed by atoms with Crippen molar-refractivity contribution in [3.8, 4) is 5.75 Å². The lowest BCUT2D eigenvalue weighted by atomic mass is 9.68. The zero-order chi connectivity index (χ0) is 18.2. The summed E-state index contributed by atoms with van der Waals surface area (Å²) in [5.41, 5.74) is 1.20. The minimum absolute atomic E-state index is 0.350. The topological polar surface area (TPSA) is 20.2 Å². The minimum Gasteiger partial charge on any atom is -0.508 e. The van der Waals surface area contributed by atoms with Crippen molar-refractivity contribution in [1.29, 1.82) is 0 Å². The van der Waals surface area contributed by atoms with E-state index in [1.54, 1.807) is 12.1 Å². The van der Waals surface area contributed by atoms with Crippen LogP contribution in [0.3, 0.4) is 0 Å². The second kappa shape index (κ2) is 10.2. The molecule has 0 spiro atoms. The Bertz CT molecular complexity index is 528. The van der Waals surface area contributed by atoms with Gasteiger partial charge < -0.3 is 5.11 Å². The van der Waals surface area contributed by atoms with E-state index in [1.807, 2.05) is 12.1 Å². The van der Waals surface area contributed by atoms with Gasteiger partial charge in [-0.15, -0.1) is 0 Å². The highest BCUT2D eigenvalue weighted by molar-refractivity contribution is 5.50. The Morgan fingerprint density at radius 1 is 0.846 bits per heavy atom. The van der Waals surface area contributed by atoms with Crippen LogP contribution in [0.2, 0.25) is 0 Å². The van der Waals surface area contributed by atoms with Gasteiger partial charge in [-0.3, -0.25) is 0 Å². The summed E-state index contributed by atoms with van der Waals surface area (Å²) in [4.78, 5) is 0. The van der Waals surface area contributed by atoms with E-state index in [2.05, 4.69) is 19.1 Å². The molecule has 0 unspecified atom stereocenters. The molecule has 2 aliphatic rings. The molecular weight excluding hydrogens is 316 g/mol. The summed E-state index contributed by atoms with van der Waals surface area (Å²) in [7, 11) is 0. The highest BCUT2D eigenvalue weighted by Crippen LogP contribution is 2.42. The first-order valence-electron chi connectivity index (χ1n) is 11.2. The summed E-state index contributed by atoms with van der Waals surface area (Å²) in [5.74, 6) is 4.18. The van der Waals surface area contributed by atoms with Gasteiger partial charge >= 0.3 is 0 Å². The first-order chi connectivity index (χ1) is 12.7. The standard InChI is InChI=1S/C25H38O/c1-2-3-4-5-20-8-14-23(15-9-20)24-16-10-21(11-17-24)6-7-22-12-18-25(26)19-13-22/h6-7,12-13,18-21,23-24,26H,2-5,8-11,14-17H2,1H3/t20?,21-,23?,24-. The third-order valence-electron chi connectivity index (χ3n) is 7.04. The summed E-state index contributed by atoms with van der Waals surface area (Å²) in [6.07, 6.45) is 22.1. The van der Waals surface area contributed by atoms with Crippen molar-refractivity contribution in [2.24, 2.45) is 23.7 Å². The monoisotopic (exact) mass is 354 g/mol. The number of allylic oxidation sites excluding steroid dienone is 1. The van der Waals surface area contributed by atoms with Crippen LogP contribution in [0.15, 0.2) is 30.3 Å². The van der Waals surface area contributed by atoms with E-state index in [0.717, 1.165) is 23.7 Å². The maximum atomic E-state index is 9.37. The fraction of sp³-hybridized carbons (Fsp3) is 0.680. The highest BCUT2D eigenvalue weighted by atomic mass is 16.3. The third kappa shape index (κ3) is 5.89. The molecule has 2 saturated carbocycles. The fourth-order valence-corrected chi connectivity index (χ4v) is 5.27. The largest absolute Gasteiger partial charge is 0.508 e. The maximum absolute atomic E-state index is 9.37. The van der Waals surface area contributed by atoms with Gasteiger partial charge in [-0.1, -0.05) is 69.7 Å². The van der Waals surface area contributed by atoms with Crippen molar-refractivity contribution in [3.05, 3.63) is 35.9 Å². The smallest absolute Gasteiger partial charge is 0.115 e. The van der Waals surface area contributed by atoms with Crippen molar-refractivity contribution in [2.75, 3.05) is 0 Å². The molecule has 3 rings (SSSR count). The van der Waals surface area contributed by atoms with E-state index < -0.39 is 0 Å². The van der Waals surface area contributed by atoms with Gasteiger partial charge in [-0.05, 0) is 79.9 Å². The van der Waals surface area contributed by atoms with Gasteiger partial charge in [0.2, 0.25) is 0 Å². The Morgan fingerprint density at radius 3 is 2.08 bits per heavy atom. The molecule has 0 saturated heterocycles. The zero-order valence-corrected chi connectivity index (χ0v) is 16.7. The van der Waals surface area contributed by atoms with Crippen LogP contribution >= 0.6 is 0 Å². The van der Waals surface area contributed by atoms with E-state index in [1.165, 1.54) is 82.6 Å². The Labute approximate surface area is 160 Å². The number of phenolic OH excluding ortho intramolecular Hbond substituents is 1. The first-order valence-corrected chi connectivity index (χ1v) is 11.2. The summed E-state index contributed by atoms with van der Waals surface area (Å²) in [6, 6.07) is 7.54. The van der Waals surface area contributed by atoms with Crippen LogP contribution in [-0.4, -0.2) is 5.11 Å². The van der Waals surface area contributed by atoms with Gasteiger partial charge in [0.1, 0.15) is 5.75 Å². The first kappa shape index (κ1) is 19.5. The minimum atomic E-state index is 0.350. The van der Waals surface area contributed by atoms with Crippen LogP contribution in [0.25, 0.3) is 6.08 Å². The molecule has 1 aromatic rings. The summed E-state index contributed by atoms with van der Waals surface area (Å²) < 4.78 is 0. The number of benzene rings is 1. The molecule has 26 heavy (non-hydrogen) atoms. The molecule has 2 fully saturated rings. The average Bonchev–Trinajstić information content (AvgIpc) is 2.69. The van der Waals surface area contributed by atoms with Crippen LogP contribution in [0.4, 0.5) is 0 Å². The molecule has 2 aliphatic carbocycles. The molecule has 0 aliphatic heterocycles. The fourth-order valence-electron chi connectivity index (χ4n) is 5.27. The maximum Gasteiger partial charge on any atom is 0.115 e. The second-order valence-electron chi connectivity index (χ2n) is 8.90. The average molecular weight is 355 g/mol. The Hall–Kier alpha value is -1.24. The molecule has 0 radical (unpaired) electrons. The van der Waals surface area contributed by atoms with E-state index in [-0.39, 0.29) is 0 Å². The van der Waals surface area contributed by atoms with Gasteiger partial charge in [0, 0.05) is 0 Å². The molecule has 1 N–H and O–H groups in total. The molecule has 0 bridgehead atoms. The summed E-state index contributed by atoms with van der Waals surface area (Å²) >= 11 is 0. The molecule has 1 aromatic carbocycles. The summed E-state index contributed by atoms with van der Waals surface area (Å²) in [5, 5.41) is 9.37. The lowest BCUT2D eigenvalue weighted by Crippen LogP contribution is -2.25. The Balaban J connectivity index is 1.37.